The summed E-state index contributed by atoms with van der Waals surface area (Å²) in [6, 6.07) is 0.352. The van der Waals surface area contributed by atoms with Gasteiger partial charge in [-0.2, -0.15) is 0 Å². The van der Waals surface area contributed by atoms with Crippen molar-refractivity contribution in [3.05, 3.63) is 5.82 Å². The van der Waals surface area contributed by atoms with E-state index in [1.165, 1.54) is 0 Å². The zero-order chi connectivity index (χ0) is 14.4. The van der Waals surface area contributed by atoms with Gasteiger partial charge < -0.3 is 10.5 Å². The summed E-state index contributed by atoms with van der Waals surface area (Å²) in [5, 5.41) is 12.0. The standard InChI is InChI=1S/C13H26N6O/c1-3-4-6-19-13(15-16-17-19)10-18-7-5-12(20-2)8-11(18)9-14/h11-12H,3-10,14H2,1-2H3. The summed E-state index contributed by atoms with van der Waals surface area (Å²) in [5.74, 6) is 0.938. The summed E-state index contributed by atoms with van der Waals surface area (Å²) in [4.78, 5) is 2.38. The number of tetrazole rings is 1. The third kappa shape index (κ3) is 3.74. The molecule has 0 aliphatic carbocycles. The van der Waals surface area contributed by atoms with Crippen LogP contribution in [0.1, 0.15) is 38.4 Å². The first kappa shape index (κ1) is 15.3. The fraction of sp³-hybridized carbons (Fsp3) is 0.923. The van der Waals surface area contributed by atoms with Crippen molar-refractivity contribution < 1.29 is 4.74 Å². The van der Waals surface area contributed by atoms with Crippen molar-refractivity contribution in [3.8, 4) is 0 Å². The van der Waals surface area contributed by atoms with E-state index in [2.05, 4.69) is 27.3 Å². The van der Waals surface area contributed by atoms with Crippen LogP contribution in [0.5, 0.6) is 0 Å². The van der Waals surface area contributed by atoms with E-state index in [0.717, 1.165) is 51.1 Å². The van der Waals surface area contributed by atoms with Crippen molar-refractivity contribution in [1.29, 1.82) is 0 Å². The smallest absolute Gasteiger partial charge is 0.165 e. The number of aromatic nitrogens is 4. The Morgan fingerprint density at radius 3 is 3.00 bits per heavy atom. The second-order valence-electron chi connectivity index (χ2n) is 5.41. The summed E-state index contributed by atoms with van der Waals surface area (Å²) >= 11 is 0. The normalized spacial score (nSPS) is 24.1. The van der Waals surface area contributed by atoms with Crippen molar-refractivity contribution >= 4 is 0 Å². The van der Waals surface area contributed by atoms with Crippen LogP contribution < -0.4 is 5.73 Å². The van der Waals surface area contributed by atoms with Gasteiger partial charge in [0.05, 0.1) is 12.6 Å². The van der Waals surface area contributed by atoms with Crippen LogP contribution in [0.3, 0.4) is 0 Å². The van der Waals surface area contributed by atoms with E-state index in [1.807, 2.05) is 4.68 Å². The lowest BCUT2D eigenvalue weighted by atomic mass is 9.99. The van der Waals surface area contributed by atoms with Crippen LogP contribution in [0, 0.1) is 0 Å². The van der Waals surface area contributed by atoms with Crippen molar-refractivity contribution in [2.45, 2.75) is 57.8 Å². The maximum Gasteiger partial charge on any atom is 0.165 e. The number of aryl methyl sites for hydroxylation is 1. The fourth-order valence-corrected chi connectivity index (χ4v) is 2.73. The van der Waals surface area contributed by atoms with Crippen LogP contribution in [-0.4, -0.2) is 57.5 Å². The highest BCUT2D eigenvalue weighted by Gasteiger charge is 2.28. The SMILES string of the molecule is CCCCn1nnnc1CN1CCC(OC)CC1CN. The number of hydrogen-bond donors (Lipinski definition) is 1. The summed E-state index contributed by atoms with van der Waals surface area (Å²) < 4.78 is 7.37. The fourth-order valence-electron chi connectivity index (χ4n) is 2.73. The first-order valence-electron chi connectivity index (χ1n) is 7.50. The Morgan fingerprint density at radius 2 is 2.30 bits per heavy atom. The molecule has 1 aromatic heterocycles. The molecule has 2 heterocycles. The molecule has 2 atom stereocenters. The summed E-state index contributed by atoms with van der Waals surface area (Å²) in [5.41, 5.74) is 5.90. The topological polar surface area (TPSA) is 82.1 Å². The van der Waals surface area contributed by atoms with Gasteiger partial charge in [-0.1, -0.05) is 13.3 Å². The molecule has 114 valence electrons. The van der Waals surface area contributed by atoms with Gasteiger partial charge in [-0.15, -0.1) is 5.10 Å². The number of piperidine rings is 1. The predicted octanol–water partition coefficient (Wildman–Crippen LogP) is 0.411. The van der Waals surface area contributed by atoms with Crippen LogP contribution in [0.4, 0.5) is 0 Å². The molecule has 0 radical (unpaired) electrons. The van der Waals surface area contributed by atoms with E-state index >= 15 is 0 Å². The van der Waals surface area contributed by atoms with Crippen molar-refractivity contribution in [2.75, 3.05) is 20.2 Å². The molecule has 2 N–H and O–H groups in total. The number of ether oxygens (including phenoxy) is 1. The number of rotatable bonds is 7. The van der Waals surface area contributed by atoms with Gasteiger partial charge >= 0.3 is 0 Å². The number of unbranched alkanes of at least 4 members (excludes halogenated alkanes) is 1. The Bertz CT molecular complexity index is 396. The Hall–Kier alpha value is -1.05. The van der Waals surface area contributed by atoms with Gasteiger partial charge in [0.2, 0.25) is 0 Å². The van der Waals surface area contributed by atoms with Crippen molar-refractivity contribution in [2.24, 2.45) is 5.73 Å². The molecule has 1 fully saturated rings. The number of nitrogens with zero attached hydrogens (tertiary/aromatic N) is 5. The van der Waals surface area contributed by atoms with Crippen LogP contribution in [0.25, 0.3) is 0 Å². The lowest BCUT2D eigenvalue weighted by Crippen LogP contribution is -2.48. The zero-order valence-corrected chi connectivity index (χ0v) is 12.5. The molecule has 1 aromatic rings. The predicted molar refractivity (Wildman–Crippen MR) is 76.0 cm³/mol. The molecule has 7 nitrogen and oxygen atoms in total. The molecule has 0 aromatic carbocycles. The minimum atomic E-state index is 0.330. The lowest BCUT2D eigenvalue weighted by molar-refractivity contribution is 0.00881. The Kier molecular flexibility index (Phi) is 5.87. The van der Waals surface area contributed by atoms with Crippen LogP contribution in [0.15, 0.2) is 0 Å². The third-order valence-electron chi connectivity index (χ3n) is 4.07. The molecule has 2 rings (SSSR count). The first-order valence-corrected chi connectivity index (χ1v) is 7.50. The summed E-state index contributed by atoms with van der Waals surface area (Å²) in [6.45, 7) is 5.47. The van der Waals surface area contributed by atoms with Gasteiger partial charge in [-0.3, -0.25) is 4.90 Å². The molecule has 0 bridgehead atoms. The Balaban J connectivity index is 1.96. The van der Waals surface area contributed by atoms with Crippen molar-refractivity contribution in [3.63, 3.8) is 0 Å². The molecule has 1 saturated heterocycles. The number of likely N-dealkylation sites (tertiary alicyclic amines) is 1. The van der Waals surface area contributed by atoms with Crippen LogP contribution >= 0.6 is 0 Å². The average Bonchev–Trinajstić information content (AvgIpc) is 2.92. The molecule has 2 unspecified atom stereocenters. The van der Waals surface area contributed by atoms with Gasteiger partial charge in [0.25, 0.3) is 0 Å². The van der Waals surface area contributed by atoms with E-state index in [9.17, 15) is 0 Å². The minimum Gasteiger partial charge on any atom is -0.381 e. The highest BCUT2D eigenvalue weighted by atomic mass is 16.5. The van der Waals surface area contributed by atoms with Gasteiger partial charge in [-0.25, -0.2) is 4.68 Å². The minimum absolute atomic E-state index is 0.330. The molecule has 0 amide bonds. The monoisotopic (exact) mass is 282 g/mol. The van der Waals surface area contributed by atoms with E-state index in [0.29, 0.717) is 18.7 Å². The number of hydrogen-bond acceptors (Lipinski definition) is 6. The molecule has 7 heteroatoms. The van der Waals surface area contributed by atoms with E-state index in [-0.39, 0.29) is 0 Å². The van der Waals surface area contributed by atoms with Crippen LogP contribution in [0.2, 0.25) is 0 Å². The molecule has 1 aliphatic heterocycles. The maximum atomic E-state index is 5.90. The Labute approximate surface area is 120 Å². The van der Waals surface area contributed by atoms with Gasteiger partial charge in [0, 0.05) is 32.8 Å². The first-order chi connectivity index (χ1) is 9.78. The Morgan fingerprint density at radius 1 is 1.45 bits per heavy atom. The molecule has 0 spiro atoms. The second kappa shape index (κ2) is 7.66. The van der Waals surface area contributed by atoms with E-state index in [1.54, 1.807) is 7.11 Å². The third-order valence-corrected chi connectivity index (χ3v) is 4.07. The van der Waals surface area contributed by atoms with E-state index in [4.69, 9.17) is 10.5 Å². The van der Waals surface area contributed by atoms with Gasteiger partial charge in [0.1, 0.15) is 0 Å². The van der Waals surface area contributed by atoms with Gasteiger partial charge in [0.15, 0.2) is 5.82 Å². The molecule has 0 saturated carbocycles. The summed E-state index contributed by atoms with van der Waals surface area (Å²) in [6.07, 6.45) is 4.61. The largest absolute Gasteiger partial charge is 0.381 e. The van der Waals surface area contributed by atoms with Crippen molar-refractivity contribution in [1.82, 2.24) is 25.1 Å². The van der Waals surface area contributed by atoms with E-state index < -0.39 is 0 Å². The zero-order valence-electron chi connectivity index (χ0n) is 12.5. The second-order valence-corrected chi connectivity index (χ2v) is 5.41. The maximum absolute atomic E-state index is 5.90. The number of nitrogens with two attached hydrogens (primary N) is 1. The van der Waals surface area contributed by atoms with Crippen LogP contribution in [-0.2, 0) is 17.8 Å². The molecule has 20 heavy (non-hydrogen) atoms. The highest BCUT2D eigenvalue weighted by Crippen LogP contribution is 2.20. The molecular weight excluding hydrogens is 256 g/mol. The average molecular weight is 282 g/mol. The molecule has 1 aliphatic rings. The highest BCUT2D eigenvalue weighted by molar-refractivity contribution is 4.88. The lowest BCUT2D eigenvalue weighted by Gasteiger charge is -2.38. The van der Waals surface area contributed by atoms with Gasteiger partial charge in [-0.05, 0) is 29.7 Å². The molecular formula is C13H26N6O. The quantitative estimate of drug-likeness (QED) is 0.780. The summed E-state index contributed by atoms with van der Waals surface area (Å²) in [7, 11) is 1.78. The number of methoxy groups -OCH3 is 1.